The number of aliphatic hydroxyl groups is 2. The summed E-state index contributed by atoms with van der Waals surface area (Å²) >= 11 is 0. The molecule has 2 heterocycles. The van der Waals surface area contributed by atoms with Crippen molar-refractivity contribution in [3.05, 3.63) is 95.1 Å². The molecular formula is C38H44N4O20S6. The van der Waals surface area contributed by atoms with Crippen molar-refractivity contribution in [2.75, 3.05) is 74.0 Å². The molecule has 2 aliphatic heterocycles. The smallest absolute Gasteiger partial charge is 0.295 e. The average molecular weight is 1070 g/mol. The molecule has 0 atom stereocenters. The molecule has 0 aromatic heterocycles. The summed E-state index contributed by atoms with van der Waals surface area (Å²) < 4.78 is 177. The van der Waals surface area contributed by atoms with E-state index in [0.717, 1.165) is 45.0 Å². The average Bonchev–Trinajstić information content (AvgIpc) is 3.27. The van der Waals surface area contributed by atoms with Crippen molar-refractivity contribution in [1.29, 1.82) is 0 Å². The number of carbonyl (C=O) groups is 2. The maximum absolute atomic E-state index is 13.5. The van der Waals surface area contributed by atoms with Gasteiger partial charge in [0.25, 0.3) is 32.1 Å². The highest BCUT2D eigenvalue weighted by Gasteiger charge is 2.36. The van der Waals surface area contributed by atoms with Crippen molar-refractivity contribution in [2.24, 2.45) is 0 Å². The lowest BCUT2D eigenvalue weighted by molar-refractivity contribution is 0.101. The van der Waals surface area contributed by atoms with Crippen LogP contribution in [0.5, 0.6) is 11.5 Å². The Morgan fingerprint density at radius 1 is 0.515 bits per heavy atom. The lowest BCUT2D eigenvalue weighted by Gasteiger charge is -2.40. The highest BCUT2D eigenvalue weighted by molar-refractivity contribution is 8.24. The predicted molar refractivity (Wildman–Crippen MR) is 249 cm³/mol. The number of hydrogen-bond donors (Lipinski definition) is 10. The molecule has 24 nitrogen and oxygen atoms in total. The van der Waals surface area contributed by atoms with Gasteiger partial charge in [-0.25, -0.2) is 16.8 Å². The van der Waals surface area contributed by atoms with Crippen LogP contribution >= 0.6 is 21.2 Å². The second-order valence-corrected chi connectivity index (χ2v) is 26.4. The third-order valence-electron chi connectivity index (χ3n) is 10.5. The molecule has 0 bridgehead atoms. The Hall–Kier alpha value is -5.06. The molecule has 2 saturated heterocycles. The van der Waals surface area contributed by atoms with Gasteiger partial charge in [0, 0.05) is 59.8 Å². The van der Waals surface area contributed by atoms with Crippen LogP contribution in [0.1, 0.15) is 31.8 Å². The minimum Gasteiger partial charge on any atom is -0.504 e. The van der Waals surface area contributed by atoms with E-state index in [-0.39, 0.29) is 83.2 Å². The second kappa shape index (κ2) is 19.4. The number of nitrogens with one attached hydrogen (secondary N) is 2. The molecular weight excluding hydrogens is 1020 g/mol. The van der Waals surface area contributed by atoms with Crippen LogP contribution in [-0.4, -0.2) is 155 Å². The molecule has 0 aliphatic carbocycles. The van der Waals surface area contributed by atoms with Gasteiger partial charge in [0.2, 0.25) is 20.0 Å². The fourth-order valence-electron chi connectivity index (χ4n) is 6.90. The number of ether oxygens (including phenoxy) is 2. The number of carbonyl (C=O) groups excluding carboxylic acids is 2. The zero-order valence-corrected chi connectivity index (χ0v) is 40.3. The predicted octanol–water partition coefficient (Wildman–Crippen LogP) is 4.15. The van der Waals surface area contributed by atoms with Gasteiger partial charge in [-0.05, 0) is 72.8 Å². The van der Waals surface area contributed by atoms with Crippen LogP contribution in [0.3, 0.4) is 0 Å². The number of benzene rings is 4. The highest BCUT2D eigenvalue weighted by Crippen LogP contribution is 2.43. The SMILES string of the molecule is COc1ccc(C(=O)Nc2ccc(/C(O)=C(\O)c3ccc(NC(=O)c4ccc(OC)c(S(=O)(=O)N5CCS(O)(O)CC5)c4)cc3S(=O)(=O)O)c(S(=O)(=O)O)c2)cc1S(=O)(=O)N1CCS(O)(O)CC1. The molecule has 4 aromatic carbocycles. The van der Waals surface area contributed by atoms with Gasteiger partial charge in [-0.15, -0.1) is 0 Å². The van der Waals surface area contributed by atoms with Crippen molar-refractivity contribution < 1.29 is 90.3 Å². The van der Waals surface area contributed by atoms with Crippen molar-refractivity contribution in [1.82, 2.24) is 8.61 Å². The molecule has 4 aromatic rings. The van der Waals surface area contributed by atoms with E-state index in [1.54, 1.807) is 0 Å². The van der Waals surface area contributed by atoms with E-state index in [4.69, 9.17) is 9.47 Å². The van der Waals surface area contributed by atoms with E-state index < -0.39 is 116 Å². The van der Waals surface area contributed by atoms with E-state index in [1.807, 2.05) is 0 Å². The topological polar surface area (TPSA) is 382 Å². The number of amides is 2. The van der Waals surface area contributed by atoms with E-state index in [9.17, 15) is 80.8 Å². The summed E-state index contributed by atoms with van der Waals surface area (Å²) in [5, 5.41) is 27.0. The molecule has 0 radical (unpaired) electrons. The summed E-state index contributed by atoms with van der Waals surface area (Å²) in [6.45, 7) is -0.949. The first-order valence-corrected chi connectivity index (χ1v) is 28.8. The van der Waals surface area contributed by atoms with Gasteiger partial charge in [-0.2, -0.15) is 46.6 Å². The van der Waals surface area contributed by atoms with Crippen LogP contribution in [0.25, 0.3) is 11.5 Å². The number of sulfonamides is 2. The van der Waals surface area contributed by atoms with Crippen molar-refractivity contribution in [2.45, 2.75) is 19.6 Å². The molecule has 0 saturated carbocycles. The molecule has 0 spiro atoms. The van der Waals surface area contributed by atoms with Gasteiger partial charge < -0.3 is 30.3 Å². The van der Waals surface area contributed by atoms with Crippen molar-refractivity contribution in [3.8, 4) is 11.5 Å². The van der Waals surface area contributed by atoms with Crippen LogP contribution in [-0.2, 0) is 40.3 Å². The number of rotatable bonds is 14. The van der Waals surface area contributed by atoms with Crippen molar-refractivity contribution >= 4 is 96.2 Å². The first-order chi connectivity index (χ1) is 31.5. The molecule has 30 heteroatoms. The Balaban J connectivity index is 1.28. The van der Waals surface area contributed by atoms with E-state index in [0.29, 0.717) is 12.1 Å². The van der Waals surface area contributed by atoms with Crippen LogP contribution in [0.4, 0.5) is 11.4 Å². The Morgan fingerprint density at radius 3 is 1.13 bits per heavy atom. The third kappa shape index (κ3) is 11.3. The molecule has 2 fully saturated rings. The summed E-state index contributed by atoms with van der Waals surface area (Å²) in [6, 6.07) is 11.4. The molecule has 372 valence electrons. The number of hydrogen-bond acceptors (Lipinski definition) is 18. The molecule has 2 amide bonds. The maximum atomic E-state index is 13.5. The summed E-state index contributed by atoms with van der Waals surface area (Å²) in [5.74, 6) is -5.98. The summed E-state index contributed by atoms with van der Waals surface area (Å²) in [7, 11) is -23.0. The largest absolute Gasteiger partial charge is 0.504 e. The van der Waals surface area contributed by atoms with Crippen LogP contribution in [0, 0.1) is 0 Å². The second-order valence-electron chi connectivity index (χ2n) is 14.9. The minimum atomic E-state index is -5.36. The lowest BCUT2D eigenvalue weighted by Crippen LogP contribution is -2.42. The third-order valence-corrected chi connectivity index (χ3v) is 19.5. The number of anilines is 2. The monoisotopic (exact) mass is 1070 g/mol. The number of aliphatic hydroxyl groups excluding tert-OH is 2. The fraction of sp³-hybridized carbons (Fsp3) is 0.263. The van der Waals surface area contributed by atoms with Crippen LogP contribution in [0.15, 0.2) is 92.4 Å². The zero-order valence-electron chi connectivity index (χ0n) is 35.4. The van der Waals surface area contributed by atoms with Gasteiger partial charge in [-0.3, -0.25) is 36.9 Å². The highest BCUT2D eigenvalue weighted by atomic mass is 32.3. The number of nitrogens with zero attached hydrogens (tertiary/aromatic N) is 2. The van der Waals surface area contributed by atoms with Gasteiger partial charge in [0.1, 0.15) is 31.1 Å². The molecule has 6 rings (SSSR count). The van der Waals surface area contributed by atoms with Gasteiger partial charge in [0.05, 0.1) is 37.2 Å². The normalized spacial score (nSPS) is 18.4. The maximum Gasteiger partial charge on any atom is 0.295 e. The minimum absolute atomic E-state index is 0.159. The lowest BCUT2D eigenvalue weighted by atomic mass is 10.1. The number of methoxy groups -OCH3 is 2. The Labute approximate surface area is 393 Å². The molecule has 10 N–H and O–H groups in total. The zero-order chi connectivity index (χ0) is 50.4. The quantitative estimate of drug-likeness (QED) is 0.0481. The first kappa shape index (κ1) is 52.3. The fourth-order valence-corrected chi connectivity index (χ4v) is 14.5. The van der Waals surface area contributed by atoms with Gasteiger partial charge >= 0.3 is 0 Å². The van der Waals surface area contributed by atoms with E-state index in [1.165, 1.54) is 38.5 Å². The van der Waals surface area contributed by atoms with Crippen molar-refractivity contribution in [3.63, 3.8) is 0 Å². The van der Waals surface area contributed by atoms with Crippen LogP contribution in [0.2, 0.25) is 0 Å². The Morgan fingerprint density at radius 2 is 0.838 bits per heavy atom. The summed E-state index contributed by atoms with van der Waals surface area (Å²) in [6.07, 6.45) is 0. The van der Waals surface area contributed by atoms with E-state index >= 15 is 0 Å². The molecule has 68 heavy (non-hydrogen) atoms. The van der Waals surface area contributed by atoms with Gasteiger partial charge in [-0.1, -0.05) is 0 Å². The van der Waals surface area contributed by atoms with E-state index in [2.05, 4.69) is 10.6 Å². The van der Waals surface area contributed by atoms with Crippen LogP contribution < -0.4 is 20.1 Å². The Bertz CT molecular complexity index is 2950. The Kier molecular flexibility index (Phi) is 14.9. The summed E-state index contributed by atoms with van der Waals surface area (Å²) in [5.41, 5.74) is -3.04. The summed E-state index contributed by atoms with van der Waals surface area (Å²) in [4.78, 5) is 23.6. The molecule has 0 unspecified atom stereocenters. The molecule has 2 aliphatic rings. The van der Waals surface area contributed by atoms with Gasteiger partial charge in [0.15, 0.2) is 11.5 Å². The first-order valence-electron chi connectivity index (χ1n) is 19.3. The standard InChI is InChI=1S/C38H44N4O20S6/c1-61-29-9-3-23(19-33(29)65(51,52)41-11-15-63(47,48)16-12-41)37(45)39-25-5-7-27(31(21-25)67(55,56)57)35(43)36(44)28-8-6-26(22-32(28)68(58,59)60)40-38(46)24-4-10-30(62-2)34(20-24)66(53,54)42-13-17-64(49,50)18-14-42/h3-10,19-22,43-44,47-50H,11-18H2,1-2H3,(H,39,45)(H,40,46)(H,55,56,57)(H,58,59,60)/b36-35+.